The molecule has 2 heterocycles. The zero-order valence-electron chi connectivity index (χ0n) is 12.8. The van der Waals surface area contributed by atoms with Crippen LogP contribution in [-0.2, 0) is 4.79 Å². The molecule has 2 aliphatic rings. The second-order valence-corrected chi connectivity index (χ2v) is 6.53. The van der Waals surface area contributed by atoms with Crippen LogP contribution in [0.25, 0.3) is 0 Å². The smallest absolute Gasteiger partial charge is 0.339 e. The number of carbonyl (C=O) groups is 1. The van der Waals surface area contributed by atoms with Gasteiger partial charge in [0.2, 0.25) is 5.91 Å². The molecule has 0 aromatic carbocycles. The molecule has 2 saturated heterocycles. The van der Waals surface area contributed by atoms with Gasteiger partial charge in [0.25, 0.3) is 0 Å². The molecule has 0 aliphatic carbocycles. The van der Waals surface area contributed by atoms with Crippen molar-refractivity contribution in [1.29, 1.82) is 0 Å². The lowest BCUT2D eigenvalue weighted by atomic mass is 9.93. The Bertz CT molecular complexity index is 378. The van der Waals surface area contributed by atoms with Crippen LogP contribution < -0.4 is 5.32 Å². The van der Waals surface area contributed by atoms with Gasteiger partial charge in [0.15, 0.2) is 0 Å². The summed E-state index contributed by atoms with van der Waals surface area (Å²) in [4.78, 5) is 16.3. The fourth-order valence-electron chi connectivity index (χ4n) is 3.37. The predicted molar refractivity (Wildman–Crippen MR) is 73.8 cm³/mol. The molecule has 0 saturated carbocycles. The molecule has 21 heavy (non-hydrogen) atoms. The first-order valence-electron chi connectivity index (χ1n) is 7.45. The Kier molecular flexibility index (Phi) is 4.82. The minimum atomic E-state index is -4.17. The van der Waals surface area contributed by atoms with E-state index in [0.717, 1.165) is 0 Å². The van der Waals surface area contributed by atoms with Crippen molar-refractivity contribution in [3.8, 4) is 0 Å². The summed E-state index contributed by atoms with van der Waals surface area (Å²) in [5, 5.41) is 2.79. The SMILES string of the molecule is CC1CN(C(=O)C2CCC(C(F)(F)F)CN2)CC1N(C)C. The number of nitrogens with one attached hydrogen (secondary N) is 1. The molecule has 0 spiro atoms. The second kappa shape index (κ2) is 6.12. The van der Waals surface area contributed by atoms with Crippen LogP contribution in [0.5, 0.6) is 0 Å². The first-order chi connectivity index (χ1) is 9.70. The van der Waals surface area contributed by atoms with E-state index in [9.17, 15) is 18.0 Å². The molecular weight excluding hydrogens is 283 g/mol. The number of hydrogen-bond donors (Lipinski definition) is 1. The molecule has 1 amide bonds. The number of likely N-dealkylation sites (N-methyl/N-ethyl adjacent to an activating group) is 1. The van der Waals surface area contributed by atoms with Gasteiger partial charge in [-0.3, -0.25) is 4.79 Å². The molecule has 2 fully saturated rings. The predicted octanol–water partition coefficient (Wildman–Crippen LogP) is 1.33. The van der Waals surface area contributed by atoms with Crippen molar-refractivity contribution in [2.75, 3.05) is 33.7 Å². The van der Waals surface area contributed by atoms with Crippen molar-refractivity contribution >= 4 is 5.91 Å². The highest BCUT2D eigenvalue weighted by atomic mass is 19.4. The third-order valence-corrected chi connectivity index (χ3v) is 4.72. The minimum Gasteiger partial charge on any atom is -0.339 e. The maximum absolute atomic E-state index is 12.6. The molecule has 122 valence electrons. The lowest BCUT2D eigenvalue weighted by Crippen LogP contribution is -2.52. The van der Waals surface area contributed by atoms with Crippen molar-refractivity contribution < 1.29 is 18.0 Å². The van der Waals surface area contributed by atoms with E-state index in [1.54, 1.807) is 4.90 Å². The maximum atomic E-state index is 12.6. The van der Waals surface area contributed by atoms with E-state index in [1.807, 2.05) is 14.1 Å². The van der Waals surface area contributed by atoms with Crippen LogP contribution in [0.4, 0.5) is 13.2 Å². The normalized spacial score (nSPS) is 34.5. The Balaban J connectivity index is 1.88. The second-order valence-electron chi connectivity index (χ2n) is 6.53. The monoisotopic (exact) mass is 307 g/mol. The van der Waals surface area contributed by atoms with Crippen LogP contribution in [0.3, 0.4) is 0 Å². The number of rotatable bonds is 2. The Morgan fingerprint density at radius 1 is 1.24 bits per heavy atom. The summed E-state index contributed by atoms with van der Waals surface area (Å²) in [6.07, 6.45) is -3.87. The number of likely N-dealkylation sites (tertiary alicyclic amines) is 1. The lowest BCUT2D eigenvalue weighted by Gasteiger charge is -2.32. The number of amides is 1. The number of piperidine rings is 1. The summed E-state index contributed by atoms with van der Waals surface area (Å²) in [6.45, 7) is 3.29. The summed E-state index contributed by atoms with van der Waals surface area (Å²) in [7, 11) is 3.98. The number of alkyl halides is 3. The van der Waals surface area contributed by atoms with Gasteiger partial charge in [0.05, 0.1) is 12.0 Å². The van der Waals surface area contributed by atoms with Crippen molar-refractivity contribution in [2.24, 2.45) is 11.8 Å². The van der Waals surface area contributed by atoms with E-state index in [4.69, 9.17) is 0 Å². The fraction of sp³-hybridized carbons (Fsp3) is 0.929. The highest BCUT2D eigenvalue weighted by molar-refractivity contribution is 5.82. The summed E-state index contributed by atoms with van der Waals surface area (Å²) < 4.78 is 37.9. The van der Waals surface area contributed by atoms with Crippen LogP contribution in [0, 0.1) is 11.8 Å². The Morgan fingerprint density at radius 3 is 2.33 bits per heavy atom. The topological polar surface area (TPSA) is 35.6 Å². The van der Waals surface area contributed by atoms with Crippen molar-refractivity contribution in [1.82, 2.24) is 15.1 Å². The molecule has 7 heteroatoms. The van der Waals surface area contributed by atoms with Gasteiger partial charge in [-0.25, -0.2) is 0 Å². The first-order valence-corrected chi connectivity index (χ1v) is 7.45. The third kappa shape index (κ3) is 3.69. The standard InChI is InChI=1S/C14H24F3N3O/c1-9-7-20(8-12(9)19(2)3)13(21)11-5-4-10(6-18-11)14(15,16)17/h9-12,18H,4-8H2,1-3H3. The van der Waals surface area contributed by atoms with Gasteiger partial charge in [0.1, 0.15) is 0 Å². The van der Waals surface area contributed by atoms with Gasteiger partial charge >= 0.3 is 6.18 Å². The molecule has 4 nitrogen and oxygen atoms in total. The number of nitrogens with zero attached hydrogens (tertiary/aromatic N) is 2. The van der Waals surface area contributed by atoms with E-state index in [2.05, 4.69) is 17.1 Å². The average molecular weight is 307 g/mol. The quantitative estimate of drug-likeness (QED) is 0.836. The Labute approximate surface area is 123 Å². The molecule has 0 bridgehead atoms. The maximum Gasteiger partial charge on any atom is 0.393 e. The highest BCUT2D eigenvalue weighted by Crippen LogP contribution is 2.32. The molecule has 4 atom stereocenters. The molecule has 1 N–H and O–H groups in total. The van der Waals surface area contributed by atoms with Crippen molar-refractivity contribution in [3.63, 3.8) is 0 Å². The van der Waals surface area contributed by atoms with Gasteiger partial charge in [-0.2, -0.15) is 13.2 Å². The zero-order valence-corrected chi connectivity index (χ0v) is 12.8. The molecule has 4 unspecified atom stereocenters. The molecule has 2 rings (SSSR count). The summed E-state index contributed by atoms with van der Waals surface area (Å²) in [5.74, 6) is -0.990. The molecule has 0 aromatic heterocycles. The van der Waals surface area contributed by atoms with E-state index < -0.39 is 18.1 Å². The van der Waals surface area contributed by atoms with Crippen LogP contribution >= 0.6 is 0 Å². The van der Waals surface area contributed by atoms with E-state index >= 15 is 0 Å². The largest absolute Gasteiger partial charge is 0.393 e. The molecule has 0 aromatic rings. The summed E-state index contributed by atoms with van der Waals surface area (Å²) >= 11 is 0. The van der Waals surface area contributed by atoms with E-state index in [0.29, 0.717) is 25.0 Å². The minimum absolute atomic E-state index is 0.0351. The third-order valence-electron chi connectivity index (χ3n) is 4.72. The summed E-state index contributed by atoms with van der Waals surface area (Å²) in [5.41, 5.74) is 0. The highest BCUT2D eigenvalue weighted by Gasteiger charge is 2.44. The van der Waals surface area contributed by atoms with Gasteiger partial charge in [-0.15, -0.1) is 0 Å². The van der Waals surface area contributed by atoms with E-state index in [1.165, 1.54) is 0 Å². The van der Waals surface area contributed by atoms with Gasteiger partial charge < -0.3 is 15.1 Å². The van der Waals surface area contributed by atoms with E-state index in [-0.39, 0.29) is 25.3 Å². The zero-order chi connectivity index (χ0) is 15.8. The Hall–Kier alpha value is -0.820. The average Bonchev–Trinajstić information content (AvgIpc) is 2.79. The van der Waals surface area contributed by atoms with Gasteiger partial charge in [0, 0.05) is 25.7 Å². The number of halogens is 3. The van der Waals surface area contributed by atoms with Crippen LogP contribution in [0.15, 0.2) is 0 Å². The van der Waals surface area contributed by atoms with Crippen molar-refractivity contribution in [3.05, 3.63) is 0 Å². The Morgan fingerprint density at radius 2 is 1.90 bits per heavy atom. The van der Waals surface area contributed by atoms with Crippen molar-refractivity contribution in [2.45, 2.75) is 38.0 Å². The van der Waals surface area contributed by atoms with Gasteiger partial charge in [-0.05, 0) is 32.9 Å². The molecular formula is C14H24F3N3O. The van der Waals surface area contributed by atoms with Crippen LogP contribution in [0.1, 0.15) is 19.8 Å². The lowest BCUT2D eigenvalue weighted by molar-refractivity contribution is -0.180. The van der Waals surface area contributed by atoms with Crippen LogP contribution in [0.2, 0.25) is 0 Å². The fourth-order valence-corrected chi connectivity index (χ4v) is 3.37. The molecule has 0 radical (unpaired) electrons. The number of carbonyl (C=O) groups excluding carboxylic acids is 1. The summed E-state index contributed by atoms with van der Waals surface area (Å²) in [6, 6.07) is -0.142. The number of hydrogen-bond acceptors (Lipinski definition) is 3. The van der Waals surface area contributed by atoms with Crippen LogP contribution in [-0.4, -0.2) is 67.7 Å². The first kappa shape index (κ1) is 16.5. The molecule has 2 aliphatic heterocycles. The van der Waals surface area contributed by atoms with Gasteiger partial charge in [-0.1, -0.05) is 6.92 Å².